The minimum absolute atomic E-state index is 0.127. The lowest BCUT2D eigenvalue weighted by molar-refractivity contribution is -0.118. The number of ether oxygens (including phenoxy) is 1. The largest absolute Gasteiger partial charge is 0.485 e. The normalized spacial score (nSPS) is 18.8. The predicted molar refractivity (Wildman–Crippen MR) is 127 cm³/mol. The van der Waals surface area contributed by atoms with E-state index in [2.05, 4.69) is 10.6 Å². The number of amides is 2. The van der Waals surface area contributed by atoms with Crippen LogP contribution in [0.2, 0.25) is 5.02 Å². The smallest absolute Gasteiger partial charge is 0.268 e. The third-order valence-corrected chi connectivity index (χ3v) is 6.12. The number of halogens is 1. The highest BCUT2D eigenvalue weighted by Gasteiger charge is 2.23. The lowest BCUT2D eigenvalue weighted by atomic mass is 9.95. The predicted octanol–water partition coefficient (Wildman–Crippen LogP) is 5.27. The van der Waals surface area contributed by atoms with Crippen LogP contribution in [0.15, 0.2) is 65.9 Å². The second-order valence-corrected chi connectivity index (χ2v) is 8.71. The van der Waals surface area contributed by atoms with Gasteiger partial charge >= 0.3 is 0 Å². The molecule has 0 bridgehead atoms. The van der Waals surface area contributed by atoms with E-state index in [-0.39, 0.29) is 29.7 Å². The number of carbonyl (C=O) groups excluding carboxylic acids is 2. The van der Waals surface area contributed by atoms with Gasteiger partial charge in [-0.3, -0.25) is 9.59 Å². The third kappa shape index (κ3) is 5.40. The molecule has 2 aliphatic rings. The maximum absolute atomic E-state index is 13.2. The molecule has 2 aromatic rings. The molecule has 2 N–H and O–H groups in total. The fourth-order valence-electron chi connectivity index (χ4n) is 4.05. The van der Waals surface area contributed by atoms with Crippen LogP contribution in [0.4, 0.5) is 0 Å². The molecule has 1 saturated carbocycles. The van der Waals surface area contributed by atoms with Crippen LogP contribution < -0.4 is 15.4 Å². The average Bonchev–Trinajstić information content (AvgIpc) is 2.80. The number of carbonyl (C=O) groups is 2. The van der Waals surface area contributed by atoms with Crippen LogP contribution in [0.5, 0.6) is 5.75 Å². The van der Waals surface area contributed by atoms with Crippen LogP contribution in [-0.4, -0.2) is 24.0 Å². The van der Waals surface area contributed by atoms with E-state index in [0.717, 1.165) is 42.6 Å². The number of rotatable bonds is 5. The van der Waals surface area contributed by atoms with Crippen molar-refractivity contribution in [3.8, 4) is 5.75 Å². The molecule has 166 valence electrons. The zero-order valence-electron chi connectivity index (χ0n) is 18.1. The Bertz CT molecular complexity index is 1050. The Kier molecular flexibility index (Phi) is 6.96. The molecular formula is C26H27ClN2O3. The van der Waals surface area contributed by atoms with Crippen molar-refractivity contribution < 1.29 is 14.3 Å². The maximum Gasteiger partial charge on any atom is 0.268 e. The Morgan fingerprint density at radius 3 is 2.50 bits per heavy atom. The van der Waals surface area contributed by atoms with E-state index < -0.39 is 0 Å². The van der Waals surface area contributed by atoms with E-state index in [4.69, 9.17) is 16.3 Å². The van der Waals surface area contributed by atoms with Gasteiger partial charge in [-0.05, 0) is 67.8 Å². The monoisotopic (exact) mass is 450 g/mol. The molecule has 1 aliphatic heterocycles. The van der Waals surface area contributed by atoms with E-state index in [0.29, 0.717) is 10.6 Å². The lowest BCUT2D eigenvalue weighted by Crippen LogP contribution is -2.41. The van der Waals surface area contributed by atoms with Gasteiger partial charge in [0, 0.05) is 22.2 Å². The van der Waals surface area contributed by atoms with Gasteiger partial charge in [0.1, 0.15) is 17.6 Å². The van der Waals surface area contributed by atoms with Crippen molar-refractivity contribution in [1.82, 2.24) is 10.6 Å². The number of fused-ring (bicyclic) bond motifs is 1. The van der Waals surface area contributed by atoms with Crippen molar-refractivity contribution in [2.45, 2.75) is 51.2 Å². The Hall–Kier alpha value is -3.05. The first-order chi connectivity index (χ1) is 15.5. The van der Waals surface area contributed by atoms with Crippen LogP contribution in [0, 0.1) is 0 Å². The van der Waals surface area contributed by atoms with Gasteiger partial charge in [-0.1, -0.05) is 49.1 Å². The number of benzene rings is 2. The van der Waals surface area contributed by atoms with E-state index >= 15 is 0 Å². The molecule has 1 heterocycles. The fraction of sp³-hybridized carbons (Fsp3) is 0.308. The number of hydrogen-bond acceptors (Lipinski definition) is 3. The first kappa shape index (κ1) is 22.2. The van der Waals surface area contributed by atoms with Crippen molar-refractivity contribution in [1.29, 1.82) is 0 Å². The van der Waals surface area contributed by atoms with Crippen LogP contribution in [0.3, 0.4) is 0 Å². The zero-order chi connectivity index (χ0) is 22.5. The van der Waals surface area contributed by atoms with Crippen molar-refractivity contribution in [3.63, 3.8) is 0 Å². The van der Waals surface area contributed by atoms with Gasteiger partial charge in [-0.2, -0.15) is 0 Å². The minimum atomic E-state index is -0.364. The molecule has 0 aromatic heterocycles. The zero-order valence-corrected chi connectivity index (χ0v) is 18.8. The highest BCUT2D eigenvalue weighted by molar-refractivity contribution is 6.30. The summed E-state index contributed by atoms with van der Waals surface area (Å²) in [5.74, 6) is 0.152. The van der Waals surface area contributed by atoms with E-state index in [9.17, 15) is 9.59 Å². The molecule has 32 heavy (non-hydrogen) atoms. The second-order valence-electron chi connectivity index (χ2n) is 8.27. The molecule has 1 atom stereocenters. The Morgan fingerprint density at radius 2 is 1.75 bits per heavy atom. The van der Waals surface area contributed by atoms with Crippen molar-refractivity contribution in [2.24, 2.45) is 0 Å². The van der Waals surface area contributed by atoms with Crippen molar-refractivity contribution >= 4 is 29.5 Å². The summed E-state index contributed by atoms with van der Waals surface area (Å²) in [6, 6.07) is 14.4. The fourth-order valence-corrected chi connectivity index (χ4v) is 4.18. The number of nitrogens with one attached hydrogen (secondary N) is 2. The first-order valence-corrected chi connectivity index (χ1v) is 11.4. The SMILES string of the molecule is CC1Oc2ccccc2C=C1C=C(NC(=O)c1ccc(Cl)cc1)C(=O)NC1CCCCC1. The molecule has 0 saturated heterocycles. The highest BCUT2D eigenvalue weighted by atomic mass is 35.5. The molecule has 1 fully saturated rings. The minimum Gasteiger partial charge on any atom is -0.485 e. The summed E-state index contributed by atoms with van der Waals surface area (Å²) in [6.45, 7) is 1.93. The summed E-state index contributed by atoms with van der Waals surface area (Å²) >= 11 is 5.94. The van der Waals surface area contributed by atoms with Gasteiger partial charge in [-0.15, -0.1) is 0 Å². The topological polar surface area (TPSA) is 67.4 Å². The first-order valence-electron chi connectivity index (χ1n) is 11.1. The molecule has 1 aliphatic carbocycles. The standard InChI is InChI=1S/C26H27ClN2O3/c1-17-20(15-19-7-5-6-10-24(19)32-17)16-23(26(31)28-22-8-3-2-4-9-22)29-25(30)18-11-13-21(27)14-12-18/h5-7,10-17,22H,2-4,8-9H2,1H3,(H,28,31)(H,29,30). The summed E-state index contributed by atoms with van der Waals surface area (Å²) in [5, 5.41) is 6.45. The van der Waals surface area contributed by atoms with E-state index in [1.165, 1.54) is 6.42 Å². The average molecular weight is 451 g/mol. The van der Waals surface area contributed by atoms with E-state index in [1.54, 1.807) is 30.3 Å². The van der Waals surface area contributed by atoms with E-state index in [1.807, 2.05) is 37.3 Å². The molecular weight excluding hydrogens is 424 g/mol. The number of hydrogen-bond donors (Lipinski definition) is 2. The maximum atomic E-state index is 13.2. The Morgan fingerprint density at radius 1 is 1.03 bits per heavy atom. The Balaban J connectivity index is 1.61. The summed E-state index contributed by atoms with van der Waals surface area (Å²) < 4.78 is 6.01. The molecule has 4 rings (SSSR count). The van der Waals surface area contributed by atoms with Gasteiger partial charge in [0.15, 0.2) is 0 Å². The van der Waals surface area contributed by atoms with Crippen molar-refractivity contribution in [3.05, 3.63) is 82.0 Å². The summed E-state index contributed by atoms with van der Waals surface area (Å²) in [7, 11) is 0. The molecule has 5 nitrogen and oxygen atoms in total. The molecule has 0 spiro atoms. The Labute approximate surface area is 193 Å². The summed E-state index contributed by atoms with van der Waals surface area (Å²) in [6.07, 6.45) is 8.78. The quantitative estimate of drug-likeness (QED) is 0.610. The van der Waals surface area contributed by atoms with Gasteiger partial charge in [0.2, 0.25) is 0 Å². The van der Waals surface area contributed by atoms with Gasteiger partial charge in [0.05, 0.1) is 0 Å². The second kappa shape index (κ2) is 10.0. The summed E-state index contributed by atoms with van der Waals surface area (Å²) in [4.78, 5) is 26.0. The van der Waals surface area contributed by atoms with Crippen LogP contribution in [-0.2, 0) is 4.79 Å². The van der Waals surface area contributed by atoms with Crippen LogP contribution in [0.25, 0.3) is 6.08 Å². The highest BCUT2D eigenvalue weighted by Crippen LogP contribution is 2.30. The van der Waals surface area contributed by atoms with Gasteiger partial charge in [-0.25, -0.2) is 0 Å². The van der Waals surface area contributed by atoms with Gasteiger partial charge < -0.3 is 15.4 Å². The lowest BCUT2D eigenvalue weighted by Gasteiger charge is -2.25. The molecule has 0 radical (unpaired) electrons. The van der Waals surface area contributed by atoms with Gasteiger partial charge in [0.25, 0.3) is 11.8 Å². The molecule has 6 heteroatoms. The third-order valence-electron chi connectivity index (χ3n) is 5.86. The molecule has 1 unspecified atom stereocenters. The van der Waals surface area contributed by atoms with Crippen LogP contribution in [0.1, 0.15) is 54.9 Å². The molecule has 2 aromatic carbocycles. The molecule has 2 amide bonds. The summed E-state index contributed by atoms with van der Waals surface area (Å²) in [5.41, 5.74) is 2.39. The van der Waals surface area contributed by atoms with Crippen LogP contribution >= 0.6 is 11.6 Å². The number of para-hydroxylation sites is 1. The van der Waals surface area contributed by atoms with Crippen molar-refractivity contribution in [2.75, 3.05) is 0 Å².